The number of hydrogen-bond acceptors (Lipinski definition) is 5. The van der Waals surface area contributed by atoms with Crippen LogP contribution in [0.5, 0.6) is 5.75 Å². The predicted octanol–water partition coefficient (Wildman–Crippen LogP) is 3.69. The molecule has 138 valence electrons. The maximum Gasteiger partial charge on any atom is 0.334 e. The van der Waals surface area contributed by atoms with Crippen LogP contribution in [0.4, 0.5) is 0 Å². The SMILES string of the molecule is COC(=O)C1=C(C(=O)c2ccc(C(=O)c3c(C)cccc3C)c(O)c2)CC1. The fraction of sp³-hybridized carbons (Fsp3) is 0.227. The number of carbonyl (C=O) groups is 3. The molecule has 0 aromatic heterocycles. The minimum absolute atomic E-state index is 0.139. The van der Waals surface area contributed by atoms with Crippen LogP contribution < -0.4 is 0 Å². The zero-order chi connectivity index (χ0) is 19.7. The second kappa shape index (κ2) is 7.19. The van der Waals surface area contributed by atoms with Crippen LogP contribution >= 0.6 is 0 Å². The molecule has 0 atom stereocenters. The van der Waals surface area contributed by atoms with Crippen molar-refractivity contribution < 1.29 is 24.2 Å². The first-order valence-electron chi connectivity index (χ1n) is 8.64. The van der Waals surface area contributed by atoms with E-state index in [1.54, 1.807) is 0 Å². The van der Waals surface area contributed by atoms with Crippen molar-refractivity contribution in [1.82, 2.24) is 0 Å². The molecule has 0 saturated heterocycles. The van der Waals surface area contributed by atoms with Crippen molar-refractivity contribution in [3.05, 3.63) is 75.4 Å². The number of Topliss-reactive ketones (excluding diaryl/α,β-unsaturated/α-hetero) is 1. The van der Waals surface area contributed by atoms with Crippen LogP contribution in [-0.2, 0) is 9.53 Å². The van der Waals surface area contributed by atoms with Gasteiger partial charge in [0.1, 0.15) is 5.75 Å². The summed E-state index contributed by atoms with van der Waals surface area (Å²) in [7, 11) is 1.27. The Balaban J connectivity index is 1.94. The summed E-state index contributed by atoms with van der Waals surface area (Å²) in [6.45, 7) is 3.68. The summed E-state index contributed by atoms with van der Waals surface area (Å²) in [5, 5.41) is 10.4. The third kappa shape index (κ3) is 3.28. The number of aryl methyl sites for hydroxylation is 2. The summed E-state index contributed by atoms with van der Waals surface area (Å²) in [4.78, 5) is 37.1. The van der Waals surface area contributed by atoms with Gasteiger partial charge in [0.25, 0.3) is 0 Å². The van der Waals surface area contributed by atoms with Gasteiger partial charge in [-0.2, -0.15) is 0 Å². The van der Waals surface area contributed by atoms with Crippen LogP contribution in [0.25, 0.3) is 0 Å². The van der Waals surface area contributed by atoms with Crippen LogP contribution in [0, 0.1) is 13.8 Å². The number of hydrogen-bond donors (Lipinski definition) is 1. The smallest absolute Gasteiger partial charge is 0.334 e. The minimum Gasteiger partial charge on any atom is -0.507 e. The molecule has 1 aliphatic rings. The average Bonchev–Trinajstić information content (AvgIpc) is 2.60. The molecule has 5 nitrogen and oxygen atoms in total. The molecule has 5 heteroatoms. The lowest BCUT2D eigenvalue weighted by Crippen LogP contribution is -2.21. The van der Waals surface area contributed by atoms with E-state index in [-0.39, 0.29) is 28.4 Å². The maximum absolute atomic E-state index is 12.9. The number of carbonyl (C=O) groups excluding carboxylic acids is 3. The van der Waals surface area contributed by atoms with Crippen molar-refractivity contribution in [1.29, 1.82) is 0 Å². The predicted molar refractivity (Wildman–Crippen MR) is 100 cm³/mol. The normalized spacial score (nSPS) is 13.1. The number of methoxy groups -OCH3 is 1. The van der Waals surface area contributed by atoms with Gasteiger partial charge in [0.2, 0.25) is 0 Å². The second-order valence-corrected chi connectivity index (χ2v) is 6.61. The highest BCUT2D eigenvalue weighted by atomic mass is 16.5. The number of ketones is 2. The van der Waals surface area contributed by atoms with E-state index in [4.69, 9.17) is 0 Å². The third-order valence-electron chi connectivity index (χ3n) is 4.91. The Kier molecular flexibility index (Phi) is 4.95. The van der Waals surface area contributed by atoms with Gasteiger partial charge in [0, 0.05) is 22.3 Å². The average molecular weight is 364 g/mol. The Bertz CT molecular complexity index is 978. The fourth-order valence-corrected chi connectivity index (χ4v) is 3.32. The highest BCUT2D eigenvalue weighted by Gasteiger charge is 2.30. The van der Waals surface area contributed by atoms with Crippen molar-refractivity contribution in [2.75, 3.05) is 7.11 Å². The molecule has 0 aliphatic heterocycles. The van der Waals surface area contributed by atoms with Crippen LogP contribution in [0.3, 0.4) is 0 Å². The molecule has 3 rings (SSSR count). The molecule has 0 unspecified atom stereocenters. The van der Waals surface area contributed by atoms with E-state index in [9.17, 15) is 19.5 Å². The third-order valence-corrected chi connectivity index (χ3v) is 4.91. The summed E-state index contributed by atoms with van der Waals surface area (Å²) in [5.74, 6) is -1.38. The van der Waals surface area contributed by atoms with Gasteiger partial charge >= 0.3 is 5.97 Å². The van der Waals surface area contributed by atoms with E-state index in [1.807, 2.05) is 32.0 Å². The lowest BCUT2D eigenvalue weighted by atomic mass is 9.83. The number of allylic oxidation sites excluding steroid dienone is 1. The minimum atomic E-state index is -0.504. The zero-order valence-electron chi connectivity index (χ0n) is 15.5. The van der Waals surface area contributed by atoms with E-state index in [0.717, 1.165) is 11.1 Å². The summed E-state index contributed by atoms with van der Waals surface area (Å²) in [6.07, 6.45) is 0.996. The highest BCUT2D eigenvalue weighted by molar-refractivity contribution is 6.16. The number of rotatable bonds is 5. The van der Waals surface area contributed by atoms with Gasteiger partial charge in [-0.1, -0.05) is 24.3 Å². The van der Waals surface area contributed by atoms with Gasteiger partial charge in [-0.3, -0.25) is 9.59 Å². The number of ether oxygens (including phenoxy) is 1. The first-order chi connectivity index (χ1) is 12.8. The van der Waals surface area contributed by atoms with Crippen molar-refractivity contribution >= 4 is 17.5 Å². The lowest BCUT2D eigenvalue weighted by molar-refractivity contribution is -0.136. The number of benzene rings is 2. The largest absolute Gasteiger partial charge is 0.507 e. The molecule has 0 saturated carbocycles. The van der Waals surface area contributed by atoms with E-state index in [0.29, 0.717) is 29.6 Å². The van der Waals surface area contributed by atoms with Gasteiger partial charge in [0.15, 0.2) is 11.6 Å². The molecule has 2 aromatic carbocycles. The van der Waals surface area contributed by atoms with Crippen LogP contribution in [0.2, 0.25) is 0 Å². The molecule has 1 N–H and O–H groups in total. The molecular weight excluding hydrogens is 344 g/mol. The standard InChI is InChI=1S/C22H20O5/c1-12-5-4-6-13(2)19(12)21(25)17-8-7-14(11-18(17)23)20(24)15-9-10-16(15)22(26)27-3/h4-8,11,23H,9-10H2,1-3H3. The Hall–Kier alpha value is -3.21. The van der Waals surface area contributed by atoms with E-state index in [1.165, 1.54) is 25.3 Å². The van der Waals surface area contributed by atoms with Crippen molar-refractivity contribution in [3.8, 4) is 5.75 Å². The highest BCUT2D eigenvalue weighted by Crippen LogP contribution is 2.33. The molecule has 0 spiro atoms. The summed E-state index contributed by atoms with van der Waals surface area (Å²) >= 11 is 0. The quantitative estimate of drug-likeness (QED) is 0.646. The molecule has 0 amide bonds. The Morgan fingerprint density at radius 1 is 0.926 bits per heavy atom. The monoisotopic (exact) mass is 364 g/mol. The molecule has 0 bridgehead atoms. The van der Waals surface area contributed by atoms with Gasteiger partial charge in [0.05, 0.1) is 12.7 Å². The van der Waals surface area contributed by atoms with Gasteiger partial charge in [-0.15, -0.1) is 0 Å². The number of phenols is 1. The topological polar surface area (TPSA) is 80.7 Å². The molecule has 0 fully saturated rings. The van der Waals surface area contributed by atoms with E-state index < -0.39 is 5.97 Å². The molecule has 0 radical (unpaired) electrons. The Morgan fingerprint density at radius 3 is 2.07 bits per heavy atom. The van der Waals surface area contributed by atoms with Crippen LogP contribution in [0.15, 0.2) is 47.5 Å². The summed E-state index contributed by atoms with van der Waals surface area (Å²) in [6, 6.07) is 9.79. The molecule has 2 aromatic rings. The van der Waals surface area contributed by atoms with Gasteiger partial charge in [-0.05, 0) is 49.9 Å². The van der Waals surface area contributed by atoms with Crippen molar-refractivity contribution in [3.63, 3.8) is 0 Å². The molecular formula is C22H20O5. The van der Waals surface area contributed by atoms with E-state index >= 15 is 0 Å². The van der Waals surface area contributed by atoms with Crippen molar-refractivity contribution in [2.24, 2.45) is 0 Å². The first-order valence-corrected chi connectivity index (χ1v) is 8.64. The fourth-order valence-electron chi connectivity index (χ4n) is 3.32. The zero-order valence-corrected chi connectivity index (χ0v) is 15.5. The first kappa shape index (κ1) is 18.6. The Morgan fingerprint density at radius 2 is 1.56 bits per heavy atom. The summed E-state index contributed by atoms with van der Waals surface area (Å²) in [5.41, 5.74) is 3.33. The molecule has 1 aliphatic carbocycles. The van der Waals surface area contributed by atoms with Crippen molar-refractivity contribution in [2.45, 2.75) is 26.7 Å². The van der Waals surface area contributed by atoms with Crippen LogP contribution in [0.1, 0.15) is 50.2 Å². The van der Waals surface area contributed by atoms with Gasteiger partial charge in [-0.25, -0.2) is 4.79 Å². The number of esters is 1. The van der Waals surface area contributed by atoms with Gasteiger partial charge < -0.3 is 9.84 Å². The summed E-state index contributed by atoms with van der Waals surface area (Å²) < 4.78 is 4.67. The molecule has 0 heterocycles. The number of aromatic hydroxyl groups is 1. The van der Waals surface area contributed by atoms with Crippen LogP contribution in [-0.4, -0.2) is 29.8 Å². The van der Waals surface area contributed by atoms with E-state index in [2.05, 4.69) is 4.74 Å². The molecule has 27 heavy (non-hydrogen) atoms. The Labute approximate surface area is 157 Å². The second-order valence-electron chi connectivity index (χ2n) is 6.61. The number of phenolic OH excluding ortho intramolecular Hbond substituents is 1. The lowest BCUT2D eigenvalue weighted by Gasteiger charge is -2.21. The maximum atomic E-state index is 12.9.